The number of amides is 1. The van der Waals surface area contributed by atoms with E-state index in [2.05, 4.69) is 0 Å². The van der Waals surface area contributed by atoms with Gasteiger partial charge in [-0.1, -0.05) is 0 Å². The predicted octanol–water partition coefficient (Wildman–Crippen LogP) is -0.299. The van der Waals surface area contributed by atoms with Crippen LogP contribution in [-0.4, -0.2) is 60.5 Å². The summed E-state index contributed by atoms with van der Waals surface area (Å²) < 4.78 is 65.5. The van der Waals surface area contributed by atoms with Crippen molar-refractivity contribution in [3.8, 4) is 0 Å². The molecule has 0 aliphatic carbocycles. The second kappa shape index (κ2) is 6.29. The highest BCUT2D eigenvalue weighted by atomic mass is 32.2. The van der Waals surface area contributed by atoms with Crippen LogP contribution in [0.2, 0.25) is 0 Å². The van der Waals surface area contributed by atoms with Gasteiger partial charge in [0.2, 0.25) is 5.91 Å². The van der Waals surface area contributed by atoms with E-state index >= 15 is 0 Å². The number of aliphatic carboxylic acids is 1. The topological polar surface area (TPSA) is 130 Å². The van der Waals surface area contributed by atoms with E-state index in [4.69, 9.17) is 4.74 Å². The molecular formula is C12H13F3N2O7S. The number of rotatable bonds is 5. The third-order valence-electron chi connectivity index (χ3n) is 3.75. The molecule has 0 saturated carbocycles. The minimum absolute atomic E-state index is 0.0411. The number of nitrogens with zero attached hydrogens (tertiary/aromatic N) is 1. The zero-order valence-electron chi connectivity index (χ0n) is 12.7. The van der Waals surface area contributed by atoms with Gasteiger partial charge in [0.05, 0.1) is 18.2 Å². The Balaban J connectivity index is 2.31. The van der Waals surface area contributed by atoms with Gasteiger partial charge in [-0.3, -0.25) is 9.69 Å². The second-order valence-corrected chi connectivity index (χ2v) is 6.92. The number of sulfonamides is 1. The number of hydrogen-bond donors (Lipinski definition) is 2. The highest BCUT2D eigenvalue weighted by Gasteiger charge is 2.58. The van der Waals surface area contributed by atoms with Crippen LogP contribution in [0, 0.1) is 0 Å². The first-order valence-corrected chi connectivity index (χ1v) is 8.46. The van der Waals surface area contributed by atoms with Gasteiger partial charge in [-0.2, -0.15) is 17.9 Å². The summed E-state index contributed by atoms with van der Waals surface area (Å²) in [6.07, 6.45) is -0.277. The van der Waals surface area contributed by atoms with Crippen molar-refractivity contribution in [3.05, 3.63) is 11.3 Å². The summed E-state index contributed by atoms with van der Waals surface area (Å²) in [6.45, 7) is 1.45. The fourth-order valence-electron chi connectivity index (χ4n) is 2.68. The Labute approximate surface area is 139 Å². The molecule has 13 heteroatoms. The maximum atomic E-state index is 12.4. The van der Waals surface area contributed by atoms with E-state index in [1.54, 1.807) is 0 Å². The first kappa shape index (κ1) is 19.2. The molecule has 2 heterocycles. The lowest BCUT2D eigenvalue weighted by Crippen LogP contribution is -2.72. The van der Waals surface area contributed by atoms with Gasteiger partial charge in [-0.05, 0) is 19.8 Å². The summed E-state index contributed by atoms with van der Waals surface area (Å²) >= 11 is 0. The second-order valence-electron chi connectivity index (χ2n) is 5.21. The van der Waals surface area contributed by atoms with E-state index in [1.807, 2.05) is 0 Å². The molecule has 1 saturated heterocycles. The summed E-state index contributed by atoms with van der Waals surface area (Å²) in [5.41, 5.74) is -6.61. The van der Waals surface area contributed by atoms with Crippen molar-refractivity contribution < 1.29 is 45.8 Å². The number of esters is 1. The number of carboxylic acid groups (broad SMARTS) is 1. The fourth-order valence-corrected chi connectivity index (χ4v) is 3.41. The molecule has 0 spiro atoms. The summed E-state index contributed by atoms with van der Waals surface area (Å²) in [6, 6.07) is -2.88. The van der Waals surface area contributed by atoms with Crippen molar-refractivity contribution in [2.24, 2.45) is 0 Å². The lowest BCUT2D eigenvalue weighted by molar-refractivity contribution is -0.154. The number of fused-ring (bicyclic) bond motifs is 1. The van der Waals surface area contributed by atoms with Crippen LogP contribution in [0.3, 0.4) is 0 Å². The van der Waals surface area contributed by atoms with Gasteiger partial charge in [0.15, 0.2) is 0 Å². The molecule has 1 amide bonds. The summed E-state index contributed by atoms with van der Waals surface area (Å²) in [5.74, 6) is -3.78. The molecule has 0 aromatic rings. The maximum absolute atomic E-state index is 12.4. The highest BCUT2D eigenvalue weighted by molar-refractivity contribution is 7.90. The molecule has 2 aliphatic heterocycles. The molecule has 2 N–H and O–H groups in total. The van der Waals surface area contributed by atoms with Gasteiger partial charge >= 0.3 is 27.5 Å². The quantitative estimate of drug-likeness (QED) is 0.490. The van der Waals surface area contributed by atoms with E-state index < -0.39 is 51.2 Å². The van der Waals surface area contributed by atoms with Gasteiger partial charge < -0.3 is 9.84 Å². The van der Waals surface area contributed by atoms with Crippen LogP contribution in [0.4, 0.5) is 13.2 Å². The molecule has 0 aromatic heterocycles. The molecule has 2 rings (SSSR count). The summed E-state index contributed by atoms with van der Waals surface area (Å²) in [7, 11) is -5.77. The van der Waals surface area contributed by atoms with E-state index in [0.29, 0.717) is 4.90 Å². The molecule has 1 fully saturated rings. The minimum Gasteiger partial charge on any atom is -0.477 e. The van der Waals surface area contributed by atoms with E-state index in [0.717, 1.165) is 0 Å². The number of ether oxygens (including phenoxy) is 1. The number of halogens is 3. The zero-order chi connectivity index (χ0) is 19.2. The van der Waals surface area contributed by atoms with Crippen LogP contribution in [0.1, 0.15) is 19.8 Å². The normalized spacial score (nSPS) is 23.8. The number of carbonyl (C=O) groups is 3. The molecule has 2 atom stereocenters. The number of carbonyl (C=O) groups excluding carboxylic acids is 2. The van der Waals surface area contributed by atoms with Crippen LogP contribution >= 0.6 is 0 Å². The van der Waals surface area contributed by atoms with Gasteiger partial charge in [0, 0.05) is 0 Å². The molecule has 25 heavy (non-hydrogen) atoms. The molecule has 9 nitrogen and oxygen atoms in total. The van der Waals surface area contributed by atoms with Crippen LogP contribution in [0.5, 0.6) is 0 Å². The largest absolute Gasteiger partial charge is 0.511 e. The standard InChI is InChI=1S/C12H13F3N2O7S/c1-2-24-11(21)5-3-4-6-7(16-25(22,23)12(13,14)15)9(18)17(6)8(5)10(19)20/h6-7,16H,2-4H2,1H3,(H,19,20)/t6-,7+/m1/s1. The lowest BCUT2D eigenvalue weighted by atomic mass is 9.84. The lowest BCUT2D eigenvalue weighted by Gasteiger charge is -2.49. The number of alkyl halides is 3. The average Bonchev–Trinajstić information content (AvgIpc) is 2.50. The van der Waals surface area contributed by atoms with Crippen molar-refractivity contribution in [2.75, 3.05) is 6.61 Å². The molecule has 0 radical (unpaired) electrons. The van der Waals surface area contributed by atoms with Crippen molar-refractivity contribution >= 4 is 27.9 Å². The molecule has 0 aromatic carbocycles. The Morgan fingerprint density at radius 3 is 2.48 bits per heavy atom. The molecule has 0 unspecified atom stereocenters. The number of hydrogen-bond acceptors (Lipinski definition) is 6. The SMILES string of the molecule is CCOC(=O)C1=C(C(=O)O)N2C(=O)[C@@H](NS(=O)(=O)C(F)(F)F)[C@H]2CC1. The maximum Gasteiger partial charge on any atom is 0.511 e. The van der Waals surface area contributed by atoms with E-state index in [1.165, 1.54) is 11.6 Å². The zero-order valence-corrected chi connectivity index (χ0v) is 13.5. The monoisotopic (exact) mass is 386 g/mol. The number of carboxylic acids is 1. The number of β-lactam (4-membered cyclic amide) rings is 1. The van der Waals surface area contributed by atoms with E-state index in [-0.39, 0.29) is 25.0 Å². The minimum atomic E-state index is -5.77. The third-order valence-corrected chi connectivity index (χ3v) is 4.92. The Hall–Kier alpha value is -2.15. The first-order chi connectivity index (χ1) is 11.4. The van der Waals surface area contributed by atoms with Crippen LogP contribution in [0.15, 0.2) is 11.3 Å². The van der Waals surface area contributed by atoms with Crippen molar-refractivity contribution in [1.82, 2.24) is 9.62 Å². The Bertz CT molecular complexity index is 759. The van der Waals surface area contributed by atoms with Crippen molar-refractivity contribution in [3.63, 3.8) is 0 Å². The predicted molar refractivity (Wildman–Crippen MR) is 73.1 cm³/mol. The third kappa shape index (κ3) is 3.20. The Morgan fingerprint density at radius 1 is 1.40 bits per heavy atom. The smallest absolute Gasteiger partial charge is 0.477 e. The van der Waals surface area contributed by atoms with E-state index in [9.17, 15) is 41.1 Å². The van der Waals surface area contributed by atoms with Gasteiger partial charge in [-0.25, -0.2) is 18.0 Å². The fraction of sp³-hybridized carbons (Fsp3) is 0.583. The van der Waals surface area contributed by atoms with Crippen LogP contribution in [-0.2, 0) is 29.1 Å². The molecule has 0 bridgehead atoms. The van der Waals surface area contributed by atoms with Crippen LogP contribution < -0.4 is 4.72 Å². The first-order valence-electron chi connectivity index (χ1n) is 6.97. The molecule has 140 valence electrons. The van der Waals surface area contributed by atoms with Gasteiger partial charge in [0.25, 0.3) is 0 Å². The van der Waals surface area contributed by atoms with Crippen molar-refractivity contribution in [2.45, 2.75) is 37.4 Å². The Morgan fingerprint density at radius 2 is 2.00 bits per heavy atom. The summed E-state index contributed by atoms with van der Waals surface area (Å²) in [4.78, 5) is 35.8. The van der Waals surface area contributed by atoms with Crippen LogP contribution in [0.25, 0.3) is 0 Å². The van der Waals surface area contributed by atoms with Gasteiger partial charge in [0.1, 0.15) is 11.7 Å². The van der Waals surface area contributed by atoms with Crippen molar-refractivity contribution in [1.29, 1.82) is 0 Å². The Kier molecular flexibility index (Phi) is 4.83. The molecule has 2 aliphatic rings. The molecular weight excluding hydrogens is 373 g/mol. The highest BCUT2D eigenvalue weighted by Crippen LogP contribution is 2.38. The summed E-state index contributed by atoms with van der Waals surface area (Å²) in [5, 5.41) is 9.24. The van der Waals surface area contributed by atoms with Gasteiger partial charge in [-0.15, -0.1) is 0 Å². The number of nitrogens with one attached hydrogen (secondary N) is 1. The average molecular weight is 386 g/mol.